The lowest BCUT2D eigenvalue weighted by Crippen LogP contribution is -1.73. The minimum Gasteiger partial charge on any atom is -0.0683 e. The summed E-state index contributed by atoms with van der Waals surface area (Å²) < 4.78 is 0. The van der Waals surface area contributed by atoms with E-state index in [0.717, 1.165) is 0 Å². The number of rotatable bonds is 3. The van der Waals surface area contributed by atoms with Gasteiger partial charge < -0.3 is 0 Å². The van der Waals surface area contributed by atoms with Crippen molar-refractivity contribution in [2.45, 2.75) is 51.3 Å². The van der Waals surface area contributed by atoms with Crippen molar-refractivity contribution >= 4 is 21.6 Å². The molecule has 0 amide bonds. The van der Waals surface area contributed by atoms with Crippen molar-refractivity contribution < 1.29 is 0 Å². The summed E-state index contributed by atoms with van der Waals surface area (Å²) in [6.07, 6.45) is 0. The van der Waals surface area contributed by atoms with E-state index in [4.69, 9.17) is 0 Å². The van der Waals surface area contributed by atoms with Gasteiger partial charge in [0.05, 0.1) is 0 Å². The van der Waals surface area contributed by atoms with E-state index in [1.165, 1.54) is 20.9 Å². The van der Waals surface area contributed by atoms with Gasteiger partial charge in [-0.1, -0.05) is 84.7 Å². The summed E-state index contributed by atoms with van der Waals surface area (Å²) in [5.74, 6) is 0. The molecule has 0 nitrogen and oxygen atoms in total. The van der Waals surface area contributed by atoms with E-state index in [2.05, 4.69) is 62.4 Å². The molecule has 110 valence electrons. The highest BCUT2D eigenvalue weighted by atomic mass is 33.1. The zero-order valence-electron chi connectivity index (χ0n) is 13.4. The maximum Gasteiger partial charge on any atom is 0.0186 e. The van der Waals surface area contributed by atoms with Crippen LogP contribution >= 0.6 is 21.6 Å². The van der Waals surface area contributed by atoms with Gasteiger partial charge in [0.15, 0.2) is 0 Å². The van der Waals surface area contributed by atoms with Crippen LogP contribution in [0, 0.1) is 13.8 Å². The molecule has 2 aromatic carbocycles. The van der Waals surface area contributed by atoms with Crippen LogP contribution in [0.2, 0.25) is 0 Å². The van der Waals surface area contributed by atoms with Crippen LogP contribution < -0.4 is 0 Å². The molecule has 0 N–H and O–H groups in total. The number of hydrogen-bond donors (Lipinski definition) is 0. The Morgan fingerprint density at radius 2 is 0.750 bits per heavy atom. The maximum atomic E-state index is 2.17. The molecule has 0 saturated carbocycles. The maximum absolute atomic E-state index is 2.17. The van der Waals surface area contributed by atoms with Gasteiger partial charge in [-0.05, 0) is 38.1 Å². The summed E-state index contributed by atoms with van der Waals surface area (Å²) in [7, 11) is 3.61. The third-order valence-corrected chi connectivity index (χ3v) is 4.69. The van der Waals surface area contributed by atoms with Crippen LogP contribution in [0.3, 0.4) is 0 Å². The first-order chi connectivity index (χ1) is 9.74. The predicted octanol–water partition coefficient (Wildman–Crippen LogP) is 7.16. The zero-order valence-corrected chi connectivity index (χ0v) is 15.1. The van der Waals surface area contributed by atoms with E-state index in [-0.39, 0.29) is 0 Å². The molecule has 0 spiro atoms. The van der Waals surface area contributed by atoms with Crippen molar-refractivity contribution in [1.82, 2.24) is 0 Å². The molecule has 2 heteroatoms. The lowest BCUT2D eigenvalue weighted by Gasteiger charge is -2.02. The van der Waals surface area contributed by atoms with Crippen LogP contribution in [0.1, 0.15) is 38.8 Å². The summed E-state index contributed by atoms with van der Waals surface area (Å²) in [6, 6.07) is 17.3. The van der Waals surface area contributed by atoms with Crippen LogP contribution in [-0.4, -0.2) is 0 Å². The first-order valence-corrected chi connectivity index (χ1v) is 9.37. The van der Waals surface area contributed by atoms with E-state index in [0.29, 0.717) is 0 Å². The second-order valence-electron chi connectivity index (χ2n) is 3.79. The molecular weight excluding hydrogens is 280 g/mol. The first kappa shape index (κ1) is 19.1. The minimum atomic E-state index is 1.30. The van der Waals surface area contributed by atoms with Gasteiger partial charge in [0.2, 0.25) is 0 Å². The summed E-state index contributed by atoms with van der Waals surface area (Å²) in [5, 5.41) is 0. The van der Waals surface area contributed by atoms with Crippen molar-refractivity contribution in [2.75, 3.05) is 0 Å². The number of hydrogen-bond acceptors (Lipinski definition) is 2. The van der Waals surface area contributed by atoms with Gasteiger partial charge in [0.25, 0.3) is 0 Å². The van der Waals surface area contributed by atoms with Crippen molar-refractivity contribution in [1.29, 1.82) is 0 Å². The summed E-state index contributed by atoms with van der Waals surface area (Å²) in [6.45, 7) is 12.2. The molecule has 0 aliphatic rings. The normalized spacial score (nSPS) is 8.90. The van der Waals surface area contributed by atoms with Gasteiger partial charge in [0.1, 0.15) is 0 Å². The Kier molecular flexibility index (Phi) is 11.4. The Morgan fingerprint density at radius 1 is 0.500 bits per heavy atom. The summed E-state index contributed by atoms with van der Waals surface area (Å²) in [5.41, 5.74) is 2.62. The van der Waals surface area contributed by atoms with E-state index in [1.54, 1.807) is 21.6 Å². The van der Waals surface area contributed by atoms with E-state index < -0.39 is 0 Å². The average Bonchev–Trinajstić information content (AvgIpc) is 2.52. The van der Waals surface area contributed by atoms with Crippen LogP contribution in [-0.2, 0) is 0 Å². The van der Waals surface area contributed by atoms with Crippen LogP contribution in [0.25, 0.3) is 0 Å². The molecule has 0 aliphatic heterocycles. The highest BCUT2D eigenvalue weighted by molar-refractivity contribution is 8.76. The molecule has 0 radical (unpaired) electrons. The molecule has 0 aromatic heterocycles. The van der Waals surface area contributed by atoms with Crippen molar-refractivity contribution in [2.24, 2.45) is 0 Å². The molecule has 0 unspecified atom stereocenters. The predicted molar refractivity (Wildman–Crippen MR) is 96.8 cm³/mol. The van der Waals surface area contributed by atoms with E-state index in [1.807, 2.05) is 27.7 Å². The first-order valence-electron chi connectivity index (χ1n) is 7.22. The molecule has 0 fully saturated rings. The average molecular weight is 307 g/mol. The lowest BCUT2D eigenvalue weighted by atomic mass is 10.2. The highest BCUT2D eigenvalue weighted by Gasteiger charge is 1.97. The van der Waals surface area contributed by atoms with Gasteiger partial charge >= 0.3 is 0 Å². The van der Waals surface area contributed by atoms with E-state index >= 15 is 0 Å². The Morgan fingerprint density at radius 3 is 1.00 bits per heavy atom. The number of benzene rings is 2. The second-order valence-corrected chi connectivity index (χ2v) is 6.07. The largest absolute Gasteiger partial charge is 0.0683 e. The molecule has 0 heterocycles. The molecule has 0 aliphatic carbocycles. The molecule has 20 heavy (non-hydrogen) atoms. The second kappa shape index (κ2) is 11.9. The highest BCUT2D eigenvalue weighted by Crippen LogP contribution is 2.37. The molecule has 2 rings (SSSR count). The van der Waals surface area contributed by atoms with Gasteiger partial charge in [-0.3, -0.25) is 0 Å². The fraction of sp³-hybridized carbons (Fsp3) is 0.333. The third-order valence-electron chi connectivity index (χ3n) is 2.28. The Hall–Kier alpha value is -0.860. The molecule has 0 saturated heterocycles. The Labute approximate surface area is 132 Å². The van der Waals surface area contributed by atoms with Crippen molar-refractivity contribution in [3.8, 4) is 0 Å². The van der Waals surface area contributed by atoms with Crippen LogP contribution in [0.5, 0.6) is 0 Å². The summed E-state index contributed by atoms with van der Waals surface area (Å²) >= 11 is 0. The monoisotopic (exact) mass is 306 g/mol. The summed E-state index contributed by atoms with van der Waals surface area (Å²) in [4.78, 5) is 2.60. The SMILES string of the molecule is CC.CC.Cc1ccc(SSc2ccc(C)cc2)cc1. The molecule has 2 aromatic rings. The molecule has 0 atom stereocenters. The Balaban J connectivity index is 0.000000829. The lowest BCUT2D eigenvalue weighted by molar-refractivity contribution is 1.38. The molecule has 0 bridgehead atoms. The Bertz CT molecular complexity index is 398. The van der Waals surface area contributed by atoms with Crippen molar-refractivity contribution in [3.05, 3.63) is 59.7 Å². The zero-order chi connectivity index (χ0) is 15.4. The topological polar surface area (TPSA) is 0 Å². The van der Waals surface area contributed by atoms with Crippen LogP contribution in [0.15, 0.2) is 58.3 Å². The minimum absolute atomic E-state index is 1.30. The quantitative estimate of drug-likeness (QED) is 0.552. The fourth-order valence-electron chi connectivity index (χ4n) is 1.28. The van der Waals surface area contributed by atoms with Gasteiger partial charge in [0, 0.05) is 9.79 Å². The smallest absolute Gasteiger partial charge is 0.0186 e. The number of aryl methyl sites for hydroxylation is 2. The van der Waals surface area contributed by atoms with Gasteiger partial charge in [-0.25, -0.2) is 0 Å². The fourth-order valence-corrected chi connectivity index (χ4v) is 3.21. The third kappa shape index (κ3) is 7.66. The van der Waals surface area contributed by atoms with Crippen LogP contribution in [0.4, 0.5) is 0 Å². The molecular formula is C18H26S2. The van der Waals surface area contributed by atoms with Crippen molar-refractivity contribution in [3.63, 3.8) is 0 Å². The van der Waals surface area contributed by atoms with Gasteiger partial charge in [-0.2, -0.15) is 0 Å². The van der Waals surface area contributed by atoms with Gasteiger partial charge in [-0.15, -0.1) is 0 Å². The standard InChI is InChI=1S/C14H14S2.2C2H6/c1-11-3-7-13(8-4-11)15-16-14-9-5-12(2)6-10-14;2*1-2/h3-10H,1-2H3;2*1-2H3. The van der Waals surface area contributed by atoms with E-state index in [9.17, 15) is 0 Å².